The zero-order valence-electron chi connectivity index (χ0n) is 15.7. The minimum atomic E-state index is -0.340. The topological polar surface area (TPSA) is 68.0 Å². The molecule has 0 saturated carbocycles. The molecule has 0 radical (unpaired) electrons. The first-order valence-electron chi connectivity index (χ1n) is 9.13. The van der Waals surface area contributed by atoms with Gasteiger partial charge in [0.05, 0.1) is 11.1 Å². The Morgan fingerprint density at radius 3 is 2.48 bits per heavy atom. The Balaban J connectivity index is 1.56. The minimum absolute atomic E-state index is 0.227. The molecule has 1 amide bonds. The lowest BCUT2D eigenvalue weighted by Gasteiger charge is -2.08. The van der Waals surface area contributed by atoms with Crippen LogP contribution in [-0.4, -0.2) is 16.0 Å². The van der Waals surface area contributed by atoms with Crippen LogP contribution in [0.1, 0.15) is 21.5 Å². The highest BCUT2D eigenvalue weighted by Gasteiger charge is 2.18. The molecule has 29 heavy (non-hydrogen) atoms. The number of nitrogens with one attached hydrogen (secondary N) is 1. The van der Waals surface area contributed by atoms with E-state index in [2.05, 4.69) is 15.5 Å². The van der Waals surface area contributed by atoms with Crippen LogP contribution < -0.4 is 5.32 Å². The standard InChI is InChI=1S/C23H18FN3O2/c1-15-6-8-16(9-7-15)14-25-22(28)19-4-2-3-5-20(19)23-26-21(27-29-23)17-10-12-18(24)13-11-17/h2-13H,14H2,1H3,(H,25,28). The predicted molar refractivity (Wildman–Crippen MR) is 107 cm³/mol. The van der Waals surface area contributed by atoms with Crippen LogP contribution in [-0.2, 0) is 6.54 Å². The highest BCUT2D eigenvalue weighted by Crippen LogP contribution is 2.25. The molecule has 5 nitrogen and oxygen atoms in total. The summed E-state index contributed by atoms with van der Waals surface area (Å²) >= 11 is 0. The van der Waals surface area contributed by atoms with Crippen molar-refractivity contribution in [3.63, 3.8) is 0 Å². The lowest BCUT2D eigenvalue weighted by atomic mass is 10.1. The summed E-state index contributed by atoms with van der Waals surface area (Å²) in [5.41, 5.74) is 3.78. The first kappa shape index (κ1) is 18.6. The van der Waals surface area contributed by atoms with Gasteiger partial charge < -0.3 is 9.84 Å². The second kappa shape index (κ2) is 8.06. The van der Waals surface area contributed by atoms with Gasteiger partial charge in [0, 0.05) is 12.1 Å². The van der Waals surface area contributed by atoms with Crippen molar-refractivity contribution in [2.75, 3.05) is 0 Å². The number of hydrogen-bond donors (Lipinski definition) is 1. The van der Waals surface area contributed by atoms with Crippen molar-refractivity contribution in [3.05, 3.63) is 95.3 Å². The number of benzene rings is 3. The lowest BCUT2D eigenvalue weighted by Crippen LogP contribution is -2.23. The molecule has 0 atom stereocenters. The van der Waals surface area contributed by atoms with E-state index in [-0.39, 0.29) is 17.6 Å². The van der Waals surface area contributed by atoms with E-state index in [0.29, 0.717) is 29.1 Å². The Kier molecular flexibility index (Phi) is 5.16. The monoisotopic (exact) mass is 387 g/mol. The van der Waals surface area contributed by atoms with Crippen LogP contribution in [0.15, 0.2) is 77.3 Å². The van der Waals surface area contributed by atoms with Crippen molar-refractivity contribution in [1.29, 1.82) is 0 Å². The first-order chi connectivity index (χ1) is 14.1. The fourth-order valence-corrected chi connectivity index (χ4v) is 2.90. The molecule has 0 aliphatic heterocycles. The van der Waals surface area contributed by atoms with Gasteiger partial charge in [-0.2, -0.15) is 4.98 Å². The van der Waals surface area contributed by atoms with E-state index in [9.17, 15) is 9.18 Å². The van der Waals surface area contributed by atoms with E-state index < -0.39 is 0 Å². The maximum atomic E-state index is 13.1. The molecule has 0 unspecified atom stereocenters. The zero-order valence-corrected chi connectivity index (χ0v) is 15.7. The van der Waals surface area contributed by atoms with Crippen LogP contribution in [0.25, 0.3) is 22.8 Å². The van der Waals surface area contributed by atoms with Gasteiger partial charge in [-0.3, -0.25) is 4.79 Å². The van der Waals surface area contributed by atoms with Gasteiger partial charge in [-0.05, 0) is 48.9 Å². The highest BCUT2D eigenvalue weighted by molar-refractivity contribution is 6.00. The molecule has 0 fully saturated rings. The predicted octanol–water partition coefficient (Wildman–Crippen LogP) is 4.78. The van der Waals surface area contributed by atoms with E-state index in [1.165, 1.54) is 17.7 Å². The molecule has 1 heterocycles. The largest absolute Gasteiger partial charge is 0.348 e. The number of carbonyl (C=O) groups is 1. The van der Waals surface area contributed by atoms with Gasteiger partial charge in [-0.25, -0.2) is 4.39 Å². The van der Waals surface area contributed by atoms with Gasteiger partial charge in [0.1, 0.15) is 5.82 Å². The number of rotatable bonds is 5. The average molecular weight is 387 g/mol. The third kappa shape index (κ3) is 4.21. The van der Waals surface area contributed by atoms with Gasteiger partial charge in [-0.1, -0.05) is 47.1 Å². The van der Waals surface area contributed by atoms with Crippen LogP contribution in [0.5, 0.6) is 0 Å². The summed E-state index contributed by atoms with van der Waals surface area (Å²) in [5.74, 6) is -0.0175. The number of halogens is 1. The summed E-state index contributed by atoms with van der Waals surface area (Å²) in [6.45, 7) is 2.43. The highest BCUT2D eigenvalue weighted by atomic mass is 19.1. The summed E-state index contributed by atoms with van der Waals surface area (Å²) in [4.78, 5) is 17.1. The van der Waals surface area contributed by atoms with Crippen LogP contribution in [0.2, 0.25) is 0 Å². The van der Waals surface area contributed by atoms with Crippen LogP contribution >= 0.6 is 0 Å². The molecule has 0 bridgehead atoms. The summed E-state index contributed by atoms with van der Waals surface area (Å²) in [6, 6.07) is 20.8. The number of aryl methyl sites for hydroxylation is 1. The summed E-state index contributed by atoms with van der Waals surface area (Å²) in [5, 5.41) is 6.87. The fraction of sp³-hybridized carbons (Fsp3) is 0.0870. The SMILES string of the molecule is Cc1ccc(CNC(=O)c2ccccc2-c2nc(-c3ccc(F)cc3)no2)cc1. The fourth-order valence-electron chi connectivity index (χ4n) is 2.90. The lowest BCUT2D eigenvalue weighted by molar-refractivity contribution is 0.0951. The van der Waals surface area contributed by atoms with Crippen molar-refractivity contribution < 1.29 is 13.7 Å². The van der Waals surface area contributed by atoms with E-state index in [1.807, 2.05) is 31.2 Å². The molecule has 1 aromatic heterocycles. The molecule has 4 aromatic rings. The Bertz CT molecular complexity index is 1140. The second-order valence-corrected chi connectivity index (χ2v) is 6.64. The molecule has 3 aromatic carbocycles. The van der Waals surface area contributed by atoms with Gasteiger partial charge in [-0.15, -0.1) is 0 Å². The molecule has 1 N–H and O–H groups in total. The van der Waals surface area contributed by atoms with E-state index >= 15 is 0 Å². The zero-order chi connectivity index (χ0) is 20.2. The second-order valence-electron chi connectivity index (χ2n) is 6.64. The van der Waals surface area contributed by atoms with Crippen molar-refractivity contribution in [2.45, 2.75) is 13.5 Å². The molecular formula is C23H18FN3O2. The first-order valence-corrected chi connectivity index (χ1v) is 9.13. The van der Waals surface area contributed by atoms with Gasteiger partial charge in [0.15, 0.2) is 0 Å². The van der Waals surface area contributed by atoms with Crippen molar-refractivity contribution in [1.82, 2.24) is 15.5 Å². The molecule has 6 heteroatoms. The van der Waals surface area contributed by atoms with Gasteiger partial charge in [0.2, 0.25) is 5.82 Å². The third-order valence-corrected chi connectivity index (χ3v) is 4.50. The molecule has 0 aliphatic rings. The maximum Gasteiger partial charge on any atom is 0.259 e. The molecule has 144 valence electrons. The Morgan fingerprint density at radius 2 is 1.72 bits per heavy atom. The summed E-state index contributed by atoms with van der Waals surface area (Å²) < 4.78 is 18.5. The van der Waals surface area contributed by atoms with Crippen LogP contribution in [0.3, 0.4) is 0 Å². The summed E-state index contributed by atoms with van der Waals surface area (Å²) in [6.07, 6.45) is 0. The van der Waals surface area contributed by atoms with E-state index in [0.717, 1.165) is 5.56 Å². The molecule has 0 spiro atoms. The van der Waals surface area contributed by atoms with Crippen molar-refractivity contribution in [3.8, 4) is 22.8 Å². The average Bonchev–Trinajstić information content (AvgIpc) is 3.24. The number of nitrogens with zero attached hydrogens (tertiary/aromatic N) is 2. The normalized spacial score (nSPS) is 10.7. The number of carbonyl (C=O) groups excluding carboxylic acids is 1. The van der Waals surface area contributed by atoms with Crippen LogP contribution in [0.4, 0.5) is 4.39 Å². The van der Waals surface area contributed by atoms with Crippen molar-refractivity contribution in [2.24, 2.45) is 0 Å². The van der Waals surface area contributed by atoms with Crippen molar-refractivity contribution >= 4 is 5.91 Å². The molecule has 0 aliphatic carbocycles. The third-order valence-electron chi connectivity index (χ3n) is 4.50. The maximum absolute atomic E-state index is 13.1. The Hall–Kier alpha value is -3.80. The minimum Gasteiger partial charge on any atom is -0.348 e. The Labute approximate surface area is 167 Å². The summed E-state index contributed by atoms with van der Waals surface area (Å²) in [7, 11) is 0. The van der Waals surface area contributed by atoms with Crippen LogP contribution in [0, 0.1) is 12.7 Å². The van der Waals surface area contributed by atoms with E-state index in [4.69, 9.17) is 4.52 Å². The molecular weight excluding hydrogens is 369 g/mol. The molecule has 4 rings (SSSR count). The molecule has 0 saturated heterocycles. The smallest absolute Gasteiger partial charge is 0.259 e. The number of hydrogen-bond acceptors (Lipinski definition) is 4. The number of aromatic nitrogens is 2. The quantitative estimate of drug-likeness (QED) is 0.535. The Morgan fingerprint density at radius 1 is 1.00 bits per heavy atom. The van der Waals surface area contributed by atoms with Gasteiger partial charge in [0.25, 0.3) is 11.8 Å². The number of amides is 1. The van der Waals surface area contributed by atoms with Gasteiger partial charge >= 0.3 is 0 Å². The van der Waals surface area contributed by atoms with E-state index in [1.54, 1.807) is 36.4 Å².